The number of nitrogens with zero attached hydrogens (tertiary/aromatic N) is 7. The van der Waals surface area contributed by atoms with E-state index in [1.54, 1.807) is 20.8 Å². The third kappa shape index (κ3) is 16.1. The molecule has 546 valence electrons. The molecule has 0 spiro atoms. The van der Waals surface area contributed by atoms with Crippen LogP contribution in [0.3, 0.4) is 0 Å². The standard InChI is InChI=1S/C65H75N17O16S5/c1-12-33-58-76-40(20-100-58)55(93)81-48(64(11,97)30(10)85)61-77-39(21-102-61)53(91)80-44-29(9)98-62(96)36-17-32(27(7)83)31-13-14-34(46(86)45(31)71-36)70-42(23(2)3)56(94)69-25(5)51(89)67-24(4)50(88)68-26(6)52(90)82-65(63-78-41(22-103-63)54(92)79-43(28(8)84)57(95)73-33)16-15-35(59-75-38(19-99-59)49(66)87)72-47(65)37-18-101-60(44)74-37/h12-14,17-19,21-23,26-30,34,40,42-44,46-48,70,83-86,97H,4-5,15-16,20H2,1-3,6-11H3,(H2,66,87)(H,67,89)(H,68,88)(H,69,94)(H,73,95)(H,79,92)(H,80,91)(H,81,93)(H,82,90)/b33-12-/t26-,27+,28?,29?,30+,34?,40+,42?,43?,44?,46-,47+,48?,64+,65+/m0/s1. The Balaban J connectivity index is 1.17. The van der Waals surface area contributed by atoms with Gasteiger partial charge in [0.15, 0.2) is 0 Å². The minimum absolute atomic E-state index is 0.00198. The molecule has 5 aromatic rings. The summed E-state index contributed by atoms with van der Waals surface area (Å²) in [6, 6.07) is -9.94. The van der Waals surface area contributed by atoms with Crippen molar-refractivity contribution in [1.29, 1.82) is 0 Å². The number of nitrogens with two attached hydrogens (primary N) is 1. The second-order valence-corrected chi connectivity index (χ2v) is 30.0. The third-order valence-electron chi connectivity index (χ3n) is 17.6. The maximum atomic E-state index is 15.2. The Bertz CT molecular complexity index is 4420. The molecule has 5 aliphatic rings. The smallest absolute Gasteiger partial charge is 0.357 e. The fourth-order valence-corrected chi connectivity index (χ4v) is 16.4. The maximum absolute atomic E-state index is 15.2. The van der Waals surface area contributed by atoms with Crippen molar-refractivity contribution in [2.45, 2.75) is 165 Å². The molecule has 7 unspecified atom stereocenters. The first-order chi connectivity index (χ1) is 48.6. The van der Waals surface area contributed by atoms with Gasteiger partial charge in [-0.1, -0.05) is 45.2 Å². The summed E-state index contributed by atoms with van der Waals surface area (Å²) in [6.07, 6.45) is -3.24. The lowest BCUT2D eigenvalue weighted by molar-refractivity contribution is -0.129. The summed E-state index contributed by atoms with van der Waals surface area (Å²) in [4.78, 5) is 176. The summed E-state index contributed by atoms with van der Waals surface area (Å²) in [5.41, 5.74) is -0.255. The van der Waals surface area contributed by atoms with Crippen LogP contribution < -0.4 is 53.6 Å². The van der Waals surface area contributed by atoms with Crippen molar-refractivity contribution in [2.75, 3.05) is 5.75 Å². The van der Waals surface area contributed by atoms with Crippen LogP contribution in [0.25, 0.3) is 6.08 Å². The van der Waals surface area contributed by atoms with Crippen LogP contribution in [-0.2, 0) is 39.0 Å². The van der Waals surface area contributed by atoms with Crippen LogP contribution in [0.15, 0.2) is 80.0 Å². The van der Waals surface area contributed by atoms with Crippen molar-refractivity contribution in [3.05, 3.63) is 135 Å². The minimum atomic E-state index is -2.18. The summed E-state index contributed by atoms with van der Waals surface area (Å²) >= 11 is 4.66. The van der Waals surface area contributed by atoms with Crippen LogP contribution in [-0.4, -0.2) is 180 Å². The summed E-state index contributed by atoms with van der Waals surface area (Å²) in [6.45, 7) is 20.2. The molecule has 15 atom stereocenters. The number of hydrogen-bond acceptors (Lipinski definition) is 29. The van der Waals surface area contributed by atoms with Crippen molar-refractivity contribution in [1.82, 2.24) is 72.8 Å². The van der Waals surface area contributed by atoms with E-state index >= 15 is 9.59 Å². The quantitative estimate of drug-likeness (QED) is 0.0805. The highest BCUT2D eigenvalue weighted by atomic mass is 32.2. The molecular weight excluding hydrogens is 1440 g/mol. The molecule has 33 nitrogen and oxygen atoms in total. The molecule has 5 aromatic heterocycles. The van der Waals surface area contributed by atoms with Crippen LogP contribution in [0, 0.1) is 5.92 Å². The minimum Gasteiger partial charge on any atom is -0.455 e. The largest absolute Gasteiger partial charge is 0.455 e. The summed E-state index contributed by atoms with van der Waals surface area (Å²) in [5, 5.41) is 87.4. The zero-order valence-electron chi connectivity index (χ0n) is 56.7. The Morgan fingerprint density at radius 3 is 2.11 bits per heavy atom. The molecule has 9 heterocycles. The number of hydrogen-bond donors (Lipinski definition) is 15. The van der Waals surface area contributed by atoms with E-state index in [0.29, 0.717) is 0 Å². The van der Waals surface area contributed by atoms with Gasteiger partial charge in [0, 0.05) is 32.8 Å². The zero-order chi connectivity index (χ0) is 75.0. The molecule has 0 saturated heterocycles. The molecule has 16 N–H and O–H groups in total. The number of carbonyl (C=O) groups is 10. The zero-order valence-corrected chi connectivity index (χ0v) is 60.8. The Labute approximate surface area is 608 Å². The van der Waals surface area contributed by atoms with Crippen LogP contribution in [0.1, 0.15) is 190 Å². The molecular formula is C65H75N17O16S5. The molecule has 0 radical (unpaired) electrons. The van der Waals surface area contributed by atoms with Crippen molar-refractivity contribution in [2.24, 2.45) is 21.6 Å². The molecule has 1 aliphatic carbocycles. The van der Waals surface area contributed by atoms with Gasteiger partial charge in [-0.2, -0.15) is 0 Å². The van der Waals surface area contributed by atoms with Crippen molar-refractivity contribution < 1.29 is 78.2 Å². The van der Waals surface area contributed by atoms with E-state index in [9.17, 15) is 63.9 Å². The van der Waals surface area contributed by atoms with Gasteiger partial charge >= 0.3 is 5.97 Å². The maximum Gasteiger partial charge on any atom is 0.357 e. The molecule has 9 amide bonds. The van der Waals surface area contributed by atoms with Gasteiger partial charge in [-0.15, -0.1) is 57.1 Å². The topological polar surface area (TPSA) is 505 Å². The Morgan fingerprint density at radius 1 is 0.757 bits per heavy atom. The van der Waals surface area contributed by atoms with E-state index in [1.165, 1.54) is 87.4 Å². The van der Waals surface area contributed by atoms with Crippen LogP contribution in [0.4, 0.5) is 0 Å². The predicted molar refractivity (Wildman–Crippen MR) is 379 cm³/mol. The van der Waals surface area contributed by atoms with Crippen LogP contribution in [0.5, 0.6) is 0 Å². The van der Waals surface area contributed by atoms with E-state index in [1.807, 2.05) is 0 Å². The molecule has 38 heteroatoms. The number of amides is 9. The second kappa shape index (κ2) is 31.0. The SMILES string of the molecule is C=C1NC(=O)C(C(C)C)NC2C=Cc3c([C@@H](C)O)cc(nc3[C@H]2O)C(=O)OC(C)C2NC(=O)c3csc(n3)C([C@](C)(O)[C@@H](C)O)NC(=O)[C@H]3CSC(=N3)/C(=C/C)NC(=O)C(C(C)O)NC(=O)c3csc(n3)[C@]3(CCC(c4nc(C(N)=O)cs4)=N[C@@H]3c3csc2n3)NC(=O)[C@H](C)NC(=O)C(=C)NC1=O. The molecule has 13 bridgehead atoms. The number of aliphatic hydroxyl groups is 5. The summed E-state index contributed by atoms with van der Waals surface area (Å²) < 4.78 is 6.22. The molecule has 10 rings (SSSR count). The van der Waals surface area contributed by atoms with Crippen molar-refractivity contribution in [3.63, 3.8) is 0 Å². The van der Waals surface area contributed by atoms with Crippen molar-refractivity contribution in [3.8, 4) is 0 Å². The number of cyclic esters (lactones) is 1. The van der Waals surface area contributed by atoms with E-state index in [4.69, 9.17) is 25.4 Å². The Morgan fingerprint density at radius 2 is 1.44 bits per heavy atom. The van der Waals surface area contributed by atoms with Crippen LogP contribution >= 0.6 is 57.1 Å². The number of rotatable bonds is 7. The molecule has 0 aromatic carbocycles. The number of allylic oxidation sites excluding steroid dienone is 1. The number of thiazole rings is 4. The van der Waals surface area contributed by atoms with Gasteiger partial charge in [0.1, 0.15) is 107 Å². The molecule has 0 fully saturated rings. The van der Waals surface area contributed by atoms with Gasteiger partial charge in [-0.3, -0.25) is 58.5 Å². The summed E-state index contributed by atoms with van der Waals surface area (Å²) in [7, 11) is 0. The average molecular weight is 1510 g/mol. The highest BCUT2D eigenvalue weighted by molar-refractivity contribution is 8.14. The van der Waals surface area contributed by atoms with Crippen LogP contribution in [0.2, 0.25) is 0 Å². The molecule has 0 saturated carbocycles. The lowest BCUT2D eigenvalue weighted by atomic mass is 9.80. The molecule has 103 heavy (non-hydrogen) atoms. The number of aliphatic hydroxyl groups excluding tert-OH is 4. The van der Waals surface area contributed by atoms with E-state index in [-0.39, 0.29) is 94.7 Å². The van der Waals surface area contributed by atoms with E-state index < -0.39 is 172 Å². The monoisotopic (exact) mass is 1510 g/mol. The fraction of sp³-hybridized carbons (Fsp3) is 0.431. The van der Waals surface area contributed by atoms with Gasteiger partial charge in [0.05, 0.1) is 64.6 Å². The first-order valence-corrected chi connectivity index (χ1v) is 36.7. The highest BCUT2D eigenvalue weighted by Crippen LogP contribution is 2.48. The first kappa shape index (κ1) is 76.4. The highest BCUT2D eigenvalue weighted by Gasteiger charge is 2.51. The normalized spacial score (nSPS) is 27.7. The lowest BCUT2D eigenvalue weighted by Crippen LogP contribution is -2.57. The number of aromatic nitrogens is 5. The van der Waals surface area contributed by atoms with Crippen molar-refractivity contribution >= 4 is 133 Å². The third-order valence-corrected chi connectivity index (χ3v) is 22.5. The lowest BCUT2D eigenvalue weighted by Gasteiger charge is -2.41. The van der Waals surface area contributed by atoms with Gasteiger partial charge < -0.3 is 78.5 Å². The van der Waals surface area contributed by atoms with E-state index in [2.05, 4.69) is 81.0 Å². The summed E-state index contributed by atoms with van der Waals surface area (Å²) in [5.74, 6) is -10.1. The molecule has 4 aliphatic heterocycles. The van der Waals surface area contributed by atoms with E-state index in [0.717, 1.165) is 57.1 Å². The number of thioether (sulfide) groups is 1. The second-order valence-electron chi connectivity index (χ2n) is 25.5. The predicted octanol–water partition coefficient (Wildman–Crippen LogP) is 1.25. The Hall–Kier alpha value is -9.22. The fourth-order valence-electron chi connectivity index (χ4n) is 11.5. The first-order valence-electron chi connectivity index (χ1n) is 32.2. The number of primary amides is 1. The van der Waals surface area contributed by atoms with Gasteiger partial charge in [0.2, 0.25) is 23.6 Å². The van der Waals surface area contributed by atoms with Gasteiger partial charge in [0.25, 0.3) is 29.5 Å². The number of pyridine rings is 1. The number of carbonyl (C=O) groups excluding carboxylic acids is 10. The Kier molecular flexibility index (Phi) is 23.0. The number of fused-ring (bicyclic) bond motifs is 7. The van der Waals surface area contributed by atoms with Gasteiger partial charge in [-0.25, -0.2) is 29.7 Å². The number of esters is 1. The number of ether oxygens (including phenoxy) is 1. The average Bonchev–Trinajstić information content (AvgIpc) is 1.70. The van der Waals surface area contributed by atoms with Gasteiger partial charge in [-0.05, 0) is 78.9 Å². The number of nitrogens with one attached hydrogen (secondary N) is 9. The number of aliphatic imine (C=N–C) groups is 2.